The van der Waals surface area contributed by atoms with Crippen LogP contribution < -0.4 is 0 Å². The van der Waals surface area contributed by atoms with Gasteiger partial charge in [0.2, 0.25) is 0 Å². The van der Waals surface area contributed by atoms with Gasteiger partial charge in [-0.2, -0.15) is 0 Å². The van der Waals surface area contributed by atoms with E-state index in [1.807, 2.05) is 0 Å². The van der Waals surface area contributed by atoms with Crippen molar-refractivity contribution in [3.05, 3.63) is 12.2 Å². The van der Waals surface area contributed by atoms with Crippen molar-refractivity contribution in [2.75, 3.05) is 0 Å². The Labute approximate surface area is 186 Å². The van der Waals surface area contributed by atoms with E-state index < -0.39 is 17.9 Å². The van der Waals surface area contributed by atoms with Crippen LogP contribution in [0.3, 0.4) is 0 Å². The smallest absolute Gasteiger partial charge is 0.338 e. The topological polar surface area (TPSA) is 80.7 Å². The first kappa shape index (κ1) is 29.3. The lowest BCUT2D eigenvalue weighted by molar-refractivity contribution is -0.156. The van der Waals surface area contributed by atoms with Crippen molar-refractivity contribution in [2.45, 2.75) is 110 Å². The number of aliphatic carboxylic acids is 1. The van der Waals surface area contributed by atoms with Crippen molar-refractivity contribution >= 4 is 41.0 Å². The van der Waals surface area contributed by atoms with Crippen LogP contribution in [-0.2, 0) is 19.1 Å². The van der Waals surface area contributed by atoms with Gasteiger partial charge in [0.15, 0.2) is 0 Å². The van der Waals surface area contributed by atoms with Crippen molar-refractivity contribution in [2.24, 2.45) is 0 Å². The summed E-state index contributed by atoms with van der Waals surface area (Å²) in [6.07, 6.45) is 20.4. The molecule has 0 radical (unpaired) electrons. The van der Waals surface area contributed by atoms with E-state index >= 15 is 0 Å². The van der Waals surface area contributed by atoms with E-state index in [2.05, 4.69) is 11.7 Å². The summed E-state index contributed by atoms with van der Waals surface area (Å²) in [4.78, 5) is 32.8. The number of carbonyl (C=O) groups is 3. The molecule has 5 nitrogen and oxygen atoms in total. The number of ether oxygens (including phenoxy) is 1. The van der Waals surface area contributed by atoms with Crippen LogP contribution in [0.2, 0.25) is 0 Å². The molecule has 0 aliphatic rings. The Morgan fingerprint density at radius 3 is 1.46 bits per heavy atom. The fourth-order valence-electron chi connectivity index (χ4n) is 2.98. The molecule has 0 aliphatic carbocycles. The van der Waals surface area contributed by atoms with Crippen LogP contribution >= 0.6 is 0 Å². The molecule has 0 aliphatic heterocycles. The first-order chi connectivity index (χ1) is 13.1. The SMILES string of the molecule is CCCCCCCCCCCCCCCCCC(=O)OC(=O)/C=C/C(=O)O.[MgH2]. The van der Waals surface area contributed by atoms with Gasteiger partial charge in [0.05, 0.1) is 0 Å². The summed E-state index contributed by atoms with van der Waals surface area (Å²) >= 11 is 0. The Hall–Kier alpha value is -0.884. The highest BCUT2D eigenvalue weighted by molar-refractivity contribution is 5.95. The third-order valence-corrected chi connectivity index (χ3v) is 4.56. The van der Waals surface area contributed by atoms with Gasteiger partial charge in [0, 0.05) is 18.6 Å². The van der Waals surface area contributed by atoms with Crippen LogP contribution in [0.15, 0.2) is 12.2 Å². The van der Waals surface area contributed by atoms with Crippen LogP contribution in [0.5, 0.6) is 0 Å². The summed E-state index contributed by atoms with van der Waals surface area (Å²) in [6.45, 7) is 2.25. The summed E-state index contributed by atoms with van der Waals surface area (Å²) in [5.41, 5.74) is 0. The van der Waals surface area contributed by atoms with Gasteiger partial charge in [-0.25, -0.2) is 9.59 Å². The third-order valence-electron chi connectivity index (χ3n) is 4.56. The van der Waals surface area contributed by atoms with Gasteiger partial charge in [-0.15, -0.1) is 0 Å². The molecule has 0 aromatic heterocycles. The van der Waals surface area contributed by atoms with Crippen LogP contribution in [0, 0.1) is 0 Å². The number of carbonyl (C=O) groups excluding carboxylic acids is 2. The zero-order chi connectivity index (χ0) is 20.2. The first-order valence-electron chi connectivity index (χ1n) is 10.7. The Bertz CT molecular complexity index is 435. The predicted molar refractivity (Wildman–Crippen MR) is 116 cm³/mol. The number of rotatable bonds is 18. The lowest BCUT2D eigenvalue weighted by atomic mass is 10.0. The Morgan fingerprint density at radius 2 is 1.07 bits per heavy atom. The highest BCUT2D eigenvalue weighted by Gasteiger charge is 2.07. The average molecular weight is 409 g/mol. The molecule has 0 atom stereocenters. The fourth-order valence-corrected chi connectivity index (χ4v) is 2.98. The first-order valence-corrected chi connectivity index (χ1v) is 10.7. The van der Waals surface area contributed by atoms with Crippen molar-refractivity contribution in [3.63, 3.8) is 0 Å². The van der Waals surface area contributed by atoms with Crippen LogP contribution in [-0.4, -0.2) is 46.1 Å². The minimum atomic E-state index is -1.25. The van der Waals surface area contributed by atoms with E-state index in [-0.39, 0.29) is 29.5 Å². The molecule has 0 saturated carbocycles. The van der Waals surface area contributed by atoms with Gasteiger partial charge < -0.3 is 9.84 Å². The van der Waals surface area contributed by atoms with Gasteiger partial charge in [-0.1, -0.05) is 96.8 Å². The summed E-state index contributed by atoms with van der Waals surface area (Å²) in [7, 11) is 0. The molecular weight excluding hydrogens is 369 g/mol. The minimum Gasteiger partial charge on any atom is -0.478 e. The molecule has 0 rings (SSSR count). The Kier molecular flexibility index (Phi) is 23.5. The molecule has 0 unspecified atom stereocenters. The molecule has 1 N–H and O–H groups in total. The summed E-state index contributed by atoms with van der Waals surface area (Å²) in [5.74, 6) is -2.77. The third kappa shape index (κ3) is 23.2. The van der Waals surface area contributed by atoms with E-state index in [1.54, 1.807) is 0 Å². The van der Waals surface area contributed by atoms with Crippen LogP contribution in [0.4, 0.5) is 0 Å². The van der Waals surface area contributed by atoms with Crippen LogP contribution in [0.25, 0.3) is 0 Å². The molecule has 0 heterocycles. The van der Waals surface area contributed by atoms with Crippen molar-refractivity contribution < 1.29 is 24.2 Å². The van der Waals surface area contributed by atoms with Gasteiger partial charge in [-0.05, 0) is 6.42 Å². The molecule has 0 amide bonds. The Morgan fingerprint density at radius 1 is 0.679 bits per heavy atom. The van der Waals surface area contributed by atoms with E-state index in [0.29, 0.717) is 12.5 Å². The molecule has 0 spiro atoms. The van der Waals surface area contributed by atoms with Crippen LogP contribution in [0.1, 0.15) is 110 Å². The monoisotopic (exact) mass is 408 g/mol. The predicted octanol–water partition coefficient (Wildman–Crippen LogP) is 5.04. The molecule has 0 bridgehead atoms. The van der Waals surface area contributed by atoms with Gasteiger partial charge in [0.1, 0.15) is 0 Å². The van der Waals surface area contributed by atoms with E-state index in [1.165, 1.54) is 77.0 Å². The second-order valence-electron chi connectivity index (χ2n) is 7.16. The maximum absolute atomic E-state index is 11.4. The zero-order valence-electron chi connectivity index (χ0n) is 17.0. The standard InChI is InChI=1S/C22H38O5.Mg.2H/c1-2-3-4-5-6-7-8-9-10-11-12-13-14-15-16-17-21(25)27-22(26)19-18-20(23)24;;;/h18-19H,2-17H2,1H3,(H,23,24);;;/b19-18+;;;. The Balaban J connectivity index is 0. The highest BCUT2D eigenvalue weighted by Crippen LogP contribution is 2.13. The summed E-state index contributed by atoms with van der Waals surface area (Å²) in [6, 6.07) is 0. The zero-order valence-corrected chi connectivity index (χ0v) is 17.0. The molecule has 160 valence electrons. The molecule has 6 heteroatoms. The van der Waals surface area contributed by atoms with Gasteiger partial charge in [-0.3, -0.25) is 4.79 Å². The van der Waals surface area contributed by atoms with Gasteiger partial charge in [0.25, 0.3) is 0 Å². The maximum atomic E-state index is 11.4. The van der Waals surface area contributed by atoms with E-state index in [9.17, 15) is 14.4 Å². The normalized spacial score (nSPS) is 10.6. The lowest BCUT2D eigenvalue weighted by Crippen LogP contribution is -2.10. The maximum Gasteiger partial charge on any atom is 0.338 e. The number of hydrogen-bond donors (Lipinski definition) is 1. The average Bonchev–Trinajstić information content (AvgIpc) is 2.63. The van der Waals surface area contributed by atoms with Crippen molar-refractivity contribution in [1.29, 1.82) is 0 Å². The minimum absolute atomic E-state index is 0. The van der Waals surface area contributed by atoms with Crippen molar-refractivity contribution in [3.8, 4) is 0 Å². The second kappa shape index (κ2) is 22.4. The number of carboxylic acids is 1. The van der Waals surface area contributed by atoms with E-state index in [4.69, 9.17) is 5.11 Å². The quantitative estimate of drug-likeness (QED) is 0.113. The molecule has 0 aromatic rings. The molecule has 28 heavy (non-hydrogen) atoms. The number of hydrogen-bond acceptors (Lipinski definition) is 4. The second-order valence-corrected chi connectivity index (χ2v) is 7.16. The van der Waals surface area contributed by atoms with Gasteiger partial charge >= 0.3 is 41.0 Å². The molecule has 0 saturated heterocycles. The largest absolute Gasteiger partial charge is 0.478 e. The number of esters is 2. The van der Waals surface area contributed by atoms with E-state index in [0.717, 1.165) is 18.9 Å². The highest BCUT2D eigenvalue weighted by atomic mass is 24.3. The fraction of sp³-hybridized carbons (Fsp3) is 0.773. The summed E-state index contributed by atoms with van der Waals surface area (Å²) < 4.78 is 4.49. The molecule has 0 fully saturated rings. The molecule has 0 aromatic carbocycles. The van der Waals surface area contributed by atoms with Crippen molar-refractivity contribution in [1.82, 2.24) is 0 Å². The lowest BCUT2D eigenvalue weighted by Gasteiger charge is -2.03. The summed E-state index contributed by atoms with van der Waals surface area (Å²) in [5, 5.41) is 8.37. The number of carboxylic acid groups (broad SMARTS) is 1. The molecular formula is C22H40MgO5. The number of unbranched alkanes of at least 4 members (excludes halogenated alkanes) is 14.